The third-order valence-electron chi connectivity index (χ3n) is 5.25. The zero-order valence-corrected chi connectivity index (χ0v) is 29.6. The van der Waals surface area contributed by atoms with Crippen molar-refractivity contribution in [3.63, 3.8) is 0 Å². The number of carbonyl (C=O) groups excluding carboxylic acids is 2. The van der Waals surface area contributed by atoms with E-state index >= 15 is 0 Å². The molecule has 8 nitrogen and oxygen atoms in total. The van der Waals surface area contributed by atoms with Gasteiger partial charge in [0.2, 0.25) is 0 Å². The molecule has 2 rings (SSSR count). The molecule has 41 heavy (non-hydrogen) atoms. The standard InChI is InChI=1S/C30H40BrClINO7/c1-28(2,3)39-17-22(26(36)40-29(4,5)6)34(27(37)41-30(7,8)9)15-19-13-20(32)24(14-23(19)35)38-16-18-11-10-12-21(33)25(18)31/h10-14,22,35H,15-17H2,1-9H3/t22-/m0/s1. The van der Waals surface area contributed by atoms with Crippen molar-refractivity contribution in [3.05, 3.63) is 54.5 Å². The van der Waals surface area contributed by atoms with Crippen LogP contribution in [-0.4, -0.2) is 51.5 Å². The Morgan fingerprint density at radius 1 is 0.976 bits per heavy atom. The third-order valence-corrected chi connectivity index (χ3v) is 8.12. The summed E-state index contributed by atoms with van der Waals surface area (Å²) in [4.78, 5) is 28.1. The zero-order valence-electron chi connectivity index (χ0n) is 25.1. The van der Waals surface area contributed by atoms with Crippen LogP contribution < -0.4 is 4.74 Å². The van der Waals surface area contributed by atoms with Crippen molar-refractivity contribution in [2.45, 2.75) is 98.3 Å². The van der Waals surface area contributed by atoms with Gasteiger partial charge in [0.05, 0.1) is 23.8 Å². The number of hydrogen-bond donors (Lipinski definition) is 1. The summed E-state index contributed by atoms with van der Waals surface area (Å²) in [6.07, 6.45) is -0.773. The average molecular weight is 769 g/mol. The van der Waals surface area contributed by atoms with Crippen molar-refractivity contribution < 1.29 is 33.6 Å². The number of halogens is 3. The van der Waals surface area contributed by atoms with Gasteiger partial charge in [0.25, 0.3) is 0 Å². The first kappa shape index (κ1) is 35.4. The molecular weight excluding hydrogens is 729 g/mol. The van der Waals surface area contributed by atoms with Crippen LogP contribution in [0.15, 0.2) is 34.8 Å². The number of esters is 1. The monoisotopic (exact) mass is 767 g/mol. The zero-order chi connectivity index (χ0) is 31.3. The first-order valence-corrected chi connectivity index (χ1v) is 15.4. The van der Waals surface area contributed by atoms with Crippen molar-refractivity contribution in [3.8, 4) is 11.5 Å². The number of ether oxygens (including phenoxy) is 4. The van der Waals surface area contributed by atoms with Gasteiger partial charge in [-0.15, -0.1) is 0 Å². The van der Waals surface area contributed by atoms with Crippen LogP contribution in [0.2, 0.25) is 5.02 Å². The van der Waals surface area contributed by atoms with Crippen LogP contribution >= 0.6 is 50.1 Å². The minimum absolute atomic E-state index is 0.155. The lowest BCUT2D eigenvalue weighted by atomic mass is 10.1. The van der Waals surface area contributed by atoms with E-state index in [0.717, 1.165) is 13.6 Å². The highest BCUT2D eigenvalue weighted by atomic mass is 127. The predicted molar refractivity (Wildman–Crippen MR) is 171 cm³/mol. The number of phenols is 1. The largest absolute Gasteiger partial charge is 0.507 e. The van der Waals surface area contributed by atoms with E-state index in [2.05, 4.69) is 38.5 Å². The second-order valence-corrected chi connectivity index (χ2v) is 14.9. The van der Waals surface area contributed by atoms with Gasteiger partial charge < -0.3 is 24.1 Å². The Balaban J connectivity index is 2.44. The van der Waals surface area contributed by atoms with Crippen molar-refractivity contribution in [2.24, 2.45) is 0 Å². The molecule has 0 heterocycles. The molecule has 0 spiro atoms. The molecule has 11 heteroatoms. The summed E-state index contributed by atoms with van der Waals surface area (Å²) in [5.41, 5.74) is -1.07. The molecule has 1 amide bonds. The Bertz CT molecular complexity index is 1240. The smallest absolute Gasteiger partial charge is 0.411 e. The van der Waals surface area contributed by atoms with Crippen molar-refractivity contribution >= 4 is 62.2 Å². The van der Waals surface area contributed by atoms with E-state index in [9.17, 15) is 14.7 Å². The summed E-state index contributed by atoms with van der Waals surface area (Å²) in [6, 6.07) is 7.53. The minimum atomic E-state index is -1.17. The van der Waals surface area contributed by atoms with Crippen LogP contribution in [0.3, 0.4) is 0 Å². The van der Waals surface area contributed by atoms with Gasteiger partial charge in [0.1, 0.15) is 29.3 Å². The number of hydrogen-bond acceptors (Lipinski definition) is 7. The Kier molecular flexibility index (Phi) is 12.2. The first-order chi connectivity index (χ1) is 18.7. The van der Waals surface area contributed by atoms with E-state index in [1.165, 1.54) is 17.0 Å². The SMILES string of the molecule is CC(C)(C)OC[C@@H](C(=O)OC(C)(C)C)N(Cc1cc(Cl)c(OCc2cccc(I)c2Br)cc1O)C(=O)OC(C)(C)C. The molecule has 2 aromatic rings. The second kappa shape index (κ2) is 14.1. The van der Waals surface area contributed by atoms with Crippen LogP contribution in [0, 0.1) is 3.57 Å². The quantitative estimate of drug-likeness (QED) is 0.203. The fourth-order valence-corrected chi connectivity index (χ4v) is 4.60. The van der Waals surface area contributed by atoms with Crippen molar-refractivity contribution in [1.29, 1.82) is 0 Å². The summed E-state index contributed by atoms with van der Waals surface area (Å²) < 4.78 is 25.1. The van der Waals surface area contributed by atoms with E-state index in [4.69, 9.17) is 30.5 Å². The summed E-state index contributed by atoms with van der Waals surface area (Å²) in [7, 11) is 0. The van der Waals surface area contributed by atoms with Gasteiger partial charge in [0.15, 0.2) is 6.04 Å². The van der Waals surface area contributed by atoms with E-state index < -0.39 is 34.9 Å². The number of benzene rings is 2. The molecule has 1 N–H and O–H groups in total. The van der Waals surface area contributed by atoms with E-state index in [1.54, 1.807) is 41.5 Å². The lowest BCUT2D eigenvalue weighted by Gasteiger charge is -2.35. The molecule has 0 saturated carbocycles. The minimum Gasteiger partial charge on any atom is -0.507 e. The highest BCUT2D eigenvalue weighted by Gasteiger charge is 2.37. The number of phenolic OH excluding ortho intramolecular Hbond substituents is 1. The summed E-state index contributed by atoms with van der Waals surface area (Å²) in [6.45, 7) is 15.8. The fraction of sp³-hybridized carbons (Fsp3) is 0.533. The van der Waals surface area contributed by atoms with Crippen molar-refractivity contribution in [2.75, 3.05) is 6.61 Å². The van der Waals surface area contributed by atoms with Crippen LogP contribution in [0.1, 0.15) is 73.4 Å². The number of rotatable bonds is 9. The number of amides is 1. The van der Waals surface area contributed by atoms with Gasteiger partial charge in [-0.25, -0.2) is 9.59 Å². The van der Waals surface area contributed by atoms with Crippen molar-refractivity contribution in [1.82, 2.24) is 4.90 Å². The molecule has 2 aromatic carbocycles. The lowest BCUT2D eigenvalue weighted by molar-refractivity contribution is -0.166. The van der Waals surface area contributed by atoms with Crippen LogP contribution in [0.5, 0.6) is 11.5 Å². The Labute approximate surface area is 270 Å². The van der Waals surface area contributed by atoms with Crippen LogP contribution in [-0.2, 0) is 32.2 Å². The molecule has 0 bridgehead atoms. The normalized spacial score (nSPS) is 13.0. The summed E-state index contributed by atoms with van der Waals surface area (Å²) >= 11 is 12.3. The number of nitrogens with zero attached hydrogens (tertiary/aromatic N) is 1. The number of aromatic hydroxyl groups is 1. The molecule has 0 aliphatic rings. The van der Waals surface area contributed by atoms with Gasteiger partial charge in [-0.2, -0.15) is 0 Å². The highest BCUT2D eigenvalue weighted by Crippen LogP contribution is 2.35. The maximum atomic E-state index is 13.5. The third kappa shape index (κ3) is 11.8. The average Bonchev–Trinajstić information content (AvgIpc) is 2.78. The Morgan fingerprint density at radius 2 is 1.59 bits per heavy atom. The van der Waals surface area contributed by atoms with E-state index in [1.807, 2.05) is 39.0 Å². The Hall–Kier alpha value is -1.76. The topological polar surface area (TPSA) is 94.5 Å². The molecule has 1 atom stereocenters. The first-order valence-electron chi connectivity index (χ1n) is 13.1. The highest BCUT2D eigenvalue weighted by molar-refractivity contribution is 14.1. The van der Waals surface area contributed by atoms with Gasteiger partial charge in [-0.05, 0) is 113 Å². The lowest BCUT2D eigenvalue weighted by Crippen LogP contribution is -2.51. The molecular formula is C30H40BrClINO7. The molecule has 0 saturated heterocycles. The van der Waals surface area contributed by atoms with Gasteiger partial charge in [0, 0.05) is 25.2 Å². The van der Waals surface area contributed by atoms with Gasteiger partial charge in [-0.1, -0.05) is 23.7 Å². The molecule has 0 aliphatic carbocycles. The molecule has 0 radical (unpaired) electrons. The van der Waals surface area contributed by atoms with Gasteiger partial charge in [-0.3, -0.25) is 4.90 Å². The van der Waals surface area contributed by atoms with Crippen LogP contribution in [0.4, 0.5) is 4.79 Å². The van der Waals surface area contributed by atoms with Gasteiger partial charge >= 0.3 is 12.1 Å². The molecule has 0 unspecified atom stereocenters. The Morgan fingerprint density at radius 3 is 2.15 bits per heavy atom. The maximum Gasteiger partial charge on any atom is 0.411 e. The second-order valence-electron chi connectivity index (χ2n) is 12.5. The van der Waals surface area contributed by atoms with Crippen LogP contribution in [0.25, 0.3) is 0 Å². The fourth-order valence-electron chi connectivity index (χ4n) is 3.43. The van der Waals surface area contributed by atoms with E-state index in [-0.39, 0.29) is 41.8 Å². The molecule has 0 fully saturated rings. The molecule has 228 valence electrons. The van der Waals surface area contributed by atoms with E-state index in [0.29, 0.717) is 0 Å². The number of carbonyl (C=O) groups is 2. The maximum absolute atomic E-state index is 13.5. The summed E-state index contributed by atoms with van der Waals surface area (Å²) in [5, 5.41) is 11.2. The molecule has 0 aromatic heterocycles. The molecule has 0 aliphatic heterocycles. The summed E-state index contributed by atoms with van der Waals surface area (Å²) in [5.74, 6) is -0.567. The predicted octanol–water partition coefficient (Wildman–Crippen LogP) is 8.25.